The van der Waals surface area contributed by atoms with Crippen molar-refractivity contribution in [1.82, 2.24) is 14.4 Å². The van der Waals surface area contributed by atoms with E-state index in [2.05, 4.69) is 36.1 Å². The van der Waals surface area contributed by atoms with Gasteiger partial charge in [0, 0.05) is 18.7 Å². The van der Waals surface area contributed by atoms with Crippen LogP contribution in [0.15, 0.2) is 57.9 Å². The Kier molecular flexibility index (Phi) is 5.75. The van der Waals surface area contributed by atoms with E-state index in [9.17, 15) is 8.42 Å². The van der Waals surface area contributed by atoms with Crippen LogP contribution in [-0.4, -0.2) is 36.0 Å². The average molecular weight is 426 g/mol. The van der Waals surface area contributed by atoms with Crippen LogP contribution in [0.4, 0.5) is 0 Å². The zero-order valence-corrected chi connectivity index (χ0v) is 18.4. The fourth-order valence-electron chi connectivity index (χ4n) is 3.76. The van der Waals surface area contributed by atoms with Crippen LogP contribution in [0.2, 0.25) is 0 Å². The predicted molar refractivity (Wildman–Crippen MR) is 116 cm³/mol. The maximum atomic E-state index is 13.0. The molecule has 3 aromatic rings. The third-order valence-corrected chi connectivity index (χ3v) is 7.55. The van der Waals surface area contributed by atoms with Gasteiger partial charge in [0.1, 0.15) is 0 Å². The second kappa shape index (κ2) is 8.32. The molecule has 2 aromatic carbocycles. The molecule has 2 heterocycles. The van der Waals surface area contributed by atoms with Crippen LogP contribution >= 0.6 is 0 Å². The molecule has 0 aliphatic carbocycles. The van der Waals surface area contributed by atoms with E-state index < -0.39 is 10.0 Å². The largest absolute Gasteiger partial charge is 0.339 e. The minimum Gasteiger partial charge on any atom is -0.339 e. The summed E-state index contributed by atoms with van der Waals surface area (Å²) in [6, 6.07) is 15.1. The first-order valence-electron chi connectivity index (χ1n) is 10.4. The zero-order valence-electron chi connectivity index (χ0n) is 17.6. The van der Waals surface area contributed by atoms with Crippen molar-refractivity contribution in [3.63, 3.8) is 0 Å². The minimum atomic E-state index is -3.53. The number of benzene rings is 2. The summed E-state index contributed by atoms with van der Waals surface area (Å²) >= 11 is 0. The lowest BCUT2D eigenvalue weighted by Gasteiger charge is -2.30. The smallest absolute Gasteiger partial charge is 0.243 e. The molecule has 7 heteroatoms. The number of piperidine rings is 1. The SMILES string of the molecule is Cc1ccc(S(=O)(=O)N2CCCC(c3nc(-c4ccc(C(C)C)cc4)no3)C2)cc1. The van der Waals surface area contributed by atoms with Crippen molar-refractivity contribution >= 4 is 10.0 Å². The van der Waals surface area contributed by atoms with Crippen LogP contribution in [0.1, 0.15) is 55.5 Å². The van der Waals surface area contributed by atoms with Gasteiger partial charge in [0.2, 0.25) is 21.7 Å². The van der Waals surface area contributed by atoms with Crippen LogP contribution in [0.3, 0.4) is 0 Å². The molecule has 0 spiro atoms. The Morgan fingerprint density at radius 3 is 2.43 bits per heavy atom. The molecule has 4 rings (SSSR count). The molecule has 0 bridgehead atoms. The molecule has 1 aromatic heterocycles. The van der Waals surface area contributed by atoms with Gasteiger partial charge in [-0.05, 0) is 43.4 Å². The standard InChI is InChI=1S/C23H27N3O3S/c1-16(2)18-8-10-19(11-9-18)22-24-23(29-25-22)20-5-4-14-26(15-20)30(27,28)21-12-6-17(3)7-13-21/h6-13,16,20H,4-5,14-15H2,1-3H3. The van der Waals surface area contributed by atoms with E-state index in [0.29, 0.717) is 35.6 Å². The molecule has 1 fully saturated rings. The molecule has 0 N–H and O–H groups in total. The number of aryl methyl sites for hydroxylation is 1. The van der Waals surface area contributed by atoms with Crippen molar-refractivity contribution in [1.29, 1.82) is 0 Å². The molecule has 0 radical (unpaired) electrons. The van der Waals surface area contributed by atoms with Crippen LogP contribution in [0, 0.1) is 6.92 Å². The quantitative estimate of drug-likeness (QED) is 0.590. The topological polar surface area (TPSA) is 76.3 Å². The van der Waals surface area contributed by atoms with Crippen LogP contribution in [0.25, 0.3) is 11.4 Å². The Hall–Kier alpha value is -2.51. The molecular weight excluding hydrogens is 398 g/mol. The van der Waals surface area contributed by atoms with E-state index in [1.54, 1.807) is 12.1 Å². The van der Waals surface area contributed by atoms with Gasteiger partial charge in [0.15, 0.2) is 0 Å². The van der Waals surface area contributed by atoms with Gasteiger partial charge >= 0.3 is 0 Å². The number of hydrogen-bond donors (Lipinski definition) is 0. The maximum Gasteiger partial charge on any atom is 0.243 e. The Morgan fingerprint density at radius 2 is 1.77 bits per heavy atom. The highest BCUT2D eigenvalue weighted by atomic mass is 32.2. The van der Waals surface area contributed by atoms with Crippen molar-refractivity contribution in [2.45, 2.75) is 50.3 Å². The lowest BCUT2D eigenvalue weighted by molar-refractivity contribution is 0.265. The van der Waals surface area contributed by atoms with E-state index in [4.69, 9.17) is 4.52 Å². The highest BCUT2D eigenvalue weighted by Crippen LogP contribution is 2.31. The maximum absolute atomic E-state index is 13.0. The van der Waals surface area contributed by atoms with Gasteiger partial charge in [0.25, 0.3) is 0 Å². The Morgan fingerprint density at radius 1 is 1.07 bits per heavy atom. The molecule has 0 saturated carbocycles. The fraction of sp³-hybridized carbons (Fsp3) is 0.391. The minimum absolute atomic E-state index is 0.102. The van der Waals surface area contributed by atoms with Crippen molar-refractivity contribution in [3.8, 4) is 11.4 Å². The molecule has 30 heavy (non-hydrogen) atoms. The molecule has 1 aliphatic heterocycles. The lowest BCUT2D eigenvalue weighted by atomic mass is 9.99. The van der Waals surface area contributed by atoms with Gasteiger partial charge in [-0.3, -0.25) is 0 Å². The first-order chi connectivity index (χ1) is 14.3. The molecular formula is C23H27N3O3S. The van der Waals surface area contributed by atoms with Gasteiger partial charge in [-0.1, -0.05) is 61.0 Å². The van der Waals surface area contributed by atoms with Crippen LogP contribution in [-0.2, 0) is 10.0 Å². The van der Waals surface area contributed by atoms with Gasteiger partial charge in [-0.25, -0.2) is 8.42 Å². The first-order valence-corrected chi connectivity index (χ1v) is 11.8. The van der Waals surface area contributed by atoms with E-state index in [0.717, 1.165) is 24.0 Å². The highest BCUT2D eigenvalue weighted by molar-refractivity contribution is 7.89. The van der Waals surface area contributed by atoms with E-state index in [1.807, 2.05) is 31.2 Å². The van der Waals surface area contributed by atoms with E-state index in [1.165, 1.54) is 9.87 Å². The summed E-state index contributed by atoms with van der Waals surface area (Å²) in [6.07, 6.45) is 1.59. The number of hydrogen-bond acceptors (Lipinski definition) is 5. The van der Waals surface area contributed by atoms with Crippen molar-refractivity contribution < 1.29 is 12.9 Å². The third-order valence-electron chi connectivity index (χ3n) is 5.67. The van der Waals surface area contributed by atoms with Crippen molar-refractivity contribution in [2.24, 2.45) is 0 Å². The monoisotopic (exact) mass is 425 g/mol. The predicted octanol–water partition coefficient (Wildman–Crippen LogP) is 4.74. The van der Waals surface area contributed by atoms with E-state index in [-0.39, 0.29) is 5.92 Å². The van der Waals surface area contributed by atoms with Gasteiger partial charge in [0.05, 0.1) is 10.8 Å². The summed E-state index contributed by atoms with van der Waals surface area (Å²) in [5, 5.41) is 4.14. The summed E-state index contributed by atoms with van der Waals surface area (Å²) in [7, 11) is -3.53. The fourth-order valence-corrected chi connectivity index (χ4v) is 5.28. The Balaban J connectivity index is 1.52. The van der Waals surface area contributed by atoms with E-state index >= 15 is 0 Å². The van der Waals surface area contributed by atoms with Gasteiger partial charge in [-0.15, -0.1) is 0 Å². The zero-order chi connectivity index (χ0) is 21.3. The Labute approximate surface area is 178 Å². The molecule has 1 aliphatic rings. The third kappa shape index (κ3) is 4.18. The summed E-state index contributed by atoms with van der Waals surface area (Å²) < 4.78 is 33.2. The van der Waals surface area contributed by atoms with Crippen molar-refractivity contribution in [3.05, 3.63) is 65.5 Å². The summed E-state index contributed by atoms with van der Waals surface area (Å²) in [5.41, 5.74) is 3.19. The Bertz CT molecular complexity index is 1100. The van der Waals surface area contributed by atoms with Crippen LogP contribution in [0.5, 0.6) is 0 Å². The van der Waals surface area contributed by atoms with Gasteiger partial charge < -0.3 is 4.52 Å². The number of sulfonamides is 1. The molecule has 1 atom stereocenters. The van der Waals surface area contributed by atoms with Gasteiger partial charge in [-0.2, -0.15) is 9.29 Å². The van der Waals surface area contributed by atoms with Crippen LogP contribution < -0.4 is 0 Å². The molecule has 0 amide bonds. The summed E-state index contributed by atoms with van der Waals surface area (Å²) in [6.45, 7) is 7.10. The lowest BCUT2D eigenvalue weighted by Crippen LogP contribution is -2.39. The number of nitrogens with zero attached hydrogens (tertiary/aromatic N) is 3. The molecule has 158 valence electrons. The first kappa shape index (κ1) is 20.8. The second-order valence-electron chi connectivity index (χ2n) is 8.25. The molecule has 6 nitrogen and oxygen atoms in total. The summed E-state index contributed by atoms with van der Waals surface area (Å²) in [4.78, 5) is 4.90. The highest BCUT2D eigenvalue weighted by Gasteiger charge is 2.33. The number of aromatic nitrogens is 2. The summed E-state index contributed by atoms with van der Waals surface area (Å²) in [5.74, 6) is 1.40. The molecule has 1 unspecified atom stereocenters. The normalized spacial score (nSPS) is 18.1. The molecule has 1 saturated heterocycles. The van der Waals surface area contributed by atoms with Crippen molar-refractivity contribution in [2.75, 3.05) is 13.1 Å². The number of rotatable bonds is 5. The second-order valence-corrected chi connectivity index (χ2v) is 10.2. The average Bonchev–Trinajstić information content (AvgIpc) is 3.24.